The van der Waals surface area contributed by atoms with E-state index in [1.807, 2.05) is 0 Å². The third-order valence-electron chi connectivity index (χ3n) is 6.56. The highest BCUT2D eigenvalue weighted by atomic mass is 32.2. The summed E-state index contributed by atoms with van der Waals surface area (Å²) in [6.07, 6.45) is 3.55. The van der Waals surface area contributed by atoms with Crippen LogP contribution in [0.4, 0.5) is 5.69 Å². The average molecular weight is 475 g/mol. The minimum atomic E-state index is -0.392. The van der Waals surface area contributed by atoms with Crippen molar-refractivity contribution in [1.82, 2.24) is 4.57 Å². The number of carbonyl (C=O) groups excluding carboxylic acids is 2. The largest absolute Gasteiger partial charge is 0.462 e. The van der Waals surface area contributed by atoms with E-state index in [0.717, 1.165) is 11.4 Å². The Morgan fingerprint density at radius 3 is 2.62 bits per heavy atom. The van der Waals surface area contributed by atoms with Crippen LogP contribution in [0, 0.1) is 11.8 Å². The van der Waals surface area contributed by atoms with E-state index >= 15 is 0 Å². The second-order valence-corrected chi connectivity index (χ2v) is 11.9. The molecule has 1 amide bonds. The molecule has 2 heterocycles. The van der Waals surface area contributed by atoms with E-state index in [-0.39, 0.29) is 22.1 Å². The number of nitrogens with zero attached hydrogens (tertiary/aromatic N) is 1. The number of thioether (sulfide) groups is 1. The Hall–Kier alpha value is -2.06. The number of thiazole rings is 1. The van der Waals surface area contributed by atoms with E-state index in [4.69, 9.17) is 4.74 Å². The van der Waals surface area contributed by atoms with Crippen LogP contribution in [0.25, 0.3) is 0 Å². The molecule has 0 saturated heterocycles. The summed E-state index contributed by atoms with van der Waals surface area (Å²) >= 11 is 3.07. The van der Waals surface area contributed by atoms with E-state index in [1.165, 1.54) is 29.1 Å². The van der Waals surface area contributed by atoms with Crippen LogP contribution in [0.5, 0.6) is 0 Å². The number of rotatable bonds is 5. The standard InChI is InChI=1S/C24H30N2O4S2/c1-5-30-22(28)15-7-9-16(10-8-15)25-19(27)13-26-21-20(31-23(26)29)17-12-14(2)6-11-18(17)24(3,4)32-21/h7-10,14,17-18H,5-6,11-13H2,1-4H3,(H,25,27)/t14-,17-,18-/m0/s1. The molecular weight excluding hydrogens is 444 g/mol. The highest BCUT2D eigenvalue weighted by Crippen LogP contribution is 2.58. The molecule has 0 unspecified atom stereocenters. The number of carbonyl (C=O) groups is 2. The number of hydrogen-bond donors (Lipinski definition) is 1. The second kappa shape index (κ2) is 9.06. The molecule has 8 heteroatoms. The molecule has 1 aromatic heterocycles. The first-order valence-corrected chi connectivity index (χ1v) is 12.8. The smallest absolute Gasteiger partial charge is 0.338 e. The molecular formula is C24H30N2O4S2. The molecule has 6 nitrogen and oxygen atoms in total. The molecule has 1 aromatic carbocycles. The summed E-state index contributed by atoms with van der Waals surface area (Å²) in [6.45, 7) is 8.89. The van der Waals surface area contributed by atoms with Crippen LogP contribution in [0.15, 0.2) is 34.1 Å². The molecule has 2 aliphatic rings. The van der Waals surface area contributed by atoms with Crippen LogP contribution >= 0.6 is 23.1 Å². The van der Waals surface area contributed by atoms with E-state index in [2.05, 4.69) is 26.1 Å². The Labute approximate surface area is 196 Å². The molecule has 1 fully saturated rings. The van der Waals surface area contributed by atoms with Gasteiger partial charge in [0.2, 0.25) is 5.91 Å². The summed E-state index contributed by atoms with van der Waals surface area (Å²) < 4.78 is 6.66. The number of nitrogens with one attached hydrogen (secondary N) is 1. The molecule has 0 bridgehead atoms. The van der Waals surface area contributed by atoms with Crippen LogP contribution in [-0.4, -0.2) is 27.8 Å². The predicted molar refractivity (Wildman–Crippen MR) is 129 cm³/mol. The maximum absolute atomic E-state index is 12.9. The normalized spacial score (nSPS) is 23.7. The SMILES string of the molecule is CCOC(=O)c1ccc(NC(=O)Cn2c3c(sc2=O)[C@H]2C[C@@H](C)CC[C@@H]2C(C)(C)S3)cc1. The first-order valence-electron chi connectivity index (χ1n) is 11.2. The molecule has 1 aliphatic carbocycles. The van der Waals surface area contributed by atoms with Crippen LogP contribution in [0.1, 0.15) is 68.1 Å². The van der Waals surface area contributed by atoms with Gasteiger partial charge in [-0.2, -0.15) is 0 Å². The molecule has 1 N–H and O–H groups in total. The lowest BCUT2D eigenvalue weighted by Crippen LogP contribution is -2.39. The Kier molecular flexibility index (Phi) is 6.54. The van der Waals surface area contributed by atoms with Crippen molar-refractivity contribution in [2.75, 3.05) is 11.9 Å². The predicted octanol–water partition coefficient (Wildman–Crippen LogP) is 5.13. The number of benzene rings is 1. The molecule has 172 valence electrons. The molecule has 4 rings (SSSR count). The lowest BCUT2D eigenvalue weighted by Gasteiger charge is -2.47. The van der Waals surface area contributed by atoms with Crippen molar-refractivity contribution in [3.8, 4) is 0 Å². The van der Waals surface area contributed by atoms with Gasteiger partial charge in [-0.1, -0.05) is 38.5 Å². The monoisotopic (exact) mass is 474 g/mol. The Morgan fingerprint density at radius 2 is 1.94 bits per heavy atom. The Morgan fingerprint density at radius 1 is 1.22 bits per heavy atom. The zero-order valence-electron chi connectivity index (χ0n) is 19.0. The lowest BCUT2D eigenvalue weighted by molar-refractivity contribution is -0.116. The van der Waals surface area contributed by atoms with E-state index < -0.39 is 5.97 Å². The number of esters is 1. The molecule has 0 radical (unpaired) electrons. The fourth-order valence-corrected chi connectivity index (χ4v) is 7.77. The molecule has 32 heavy (non-hydrogen) atoms. The van der Waals surface area contributed by atoms with Crippen molar-refractivity contribution >= 4 is 40.7 Å². The summed E-state index contributed by atoms with van der Waals surface area (Å²) in [6, 6.07) is 6.58. The third-order valence-corrected chi connectivity index (χ3v) is 9.26. The van der Waals surface area contributed by atoms with Crippen molar-refractivity contribution in [2.24, 2.45) is 11.8 Å². The van der Waals surface area contributed by atoms with Gasteiger partial charge in [-0.15, -0.1) is 11.8 Å². The van der Waals surface area contributed by atoms with E-state index in [1.54, 1.807) is 47.5 Å². The zero-order valence-corrected chi connectivity index (χ0v) is 20.6. The number of amides is 1. The van der Waals surface area contributed by atoms with Crippen LogP contribution in [0.3, 0.4) is 0 Å². The van der Waals surface area contributed by atoms with Gasteiger partial charge in [0.15, 0.2) is 0 Å². The lowest BCUT2D eigenvalue weighted by atomic mass is 9.69. The molecule has 0 spiro atoms. The Balaban J connectivity index is 1.52. The molecule has 1 saturated carbocycles. The maximum Gasteiger partial charge on any atom is 0.338 e. The number of ether oxygens (including phenoxy) is 1. The maximum atomic E-state index is 12.9. The zero-order chi connectivity index (χ0) is 23.0. The summed E-state index contributed by atoms with van der Waals surface area (Å²) in [7, 11) is 0. The highest BCUT2D eigenvalue weighted by Gasteiger charge is 2.47. The van der Waals surface area contributed by atoms with Gasteiger partial charge in [-0.25, -0.2) is 4.79 Å². The summed E-state index contributed by atoms with van der Waals surface area (Å²) in [4.78, 5) is 38.5. The first-order chi connectivity index (χ1) is 15.2. The van der Waals surface area contributed by atoms with Gasteiger partial charge in [-0.3, -0.25) is 14.2 Å². The molecule has 2 aromatic rings. The number of hydrogen-bond acceptors (Lipinski definition) is 6. The average Bonchev–Trinajstić information content (AvgIpc) is 3.03. The van der Waals surface area contributed by atoms with Crippen molar-refractivity contribution < 1.29 is 14.3 Å². The van der Waals surface area contributed by atoms with Crippen molar-refractivity contribution in [1.29, 1.82) is 0 Å². The molecule has 3 atom stereocenters. The third kappa shape index (κ3) is 4.53. The summed E-state index contributed by atoms with van der Waals surface area (Å²) in [5.41, 5.74) is 1.01. The van der Waals surface area contributed by atoms with Gasteiger partial charge in [0.1, 0.15) is 6.54 Å². The van der Waals surface area contributed by atoms with Gasteiger partial charge in [0, 0.05) is 21.2 Å². The Bertz CT molecular complexity index is 1070. The van der Waals surface area contributed by atoms with Crippen LogP contribution in [-0.2, 0) is 16.1 Å². The second-order valence-electron chi connectivity index (χ2n) is 9.31. The van der Waals surface area contributed by atoms with E-state index in [9.17, 15) is 14.4 Å². The van der Waals surface area contributed by atoms with Gasteiger partial charge < -0.3 is 10.1 Å². The van der Waals surface area contributed by atoms with Gasteiger partial charge in [0.25, 0.3) is 0 Å². The highest BCUT2D eigenvalue weighted by molar-refractivity contribution is 8.00. The summed E-state index contributed by atoms with van der Waals surface area (Å²) in [5, 5.41) is 3.81. The van der Waals surface area contributed by atoms with E-state index in [0.29, 0.717) is 35.6 Å². The quantitative estimate of drug-likeness (QED) is 0.608. The minimum absolute atomic E-state index is 0.0136. The number of anilines is 1. The van der Waals surface area contributed by atoms with Gasteiger partial charge in [-0.05, 0) is 55.9 Å². The fraction of sp³-hybridized carbons (Fsp3) is 0.542. The van der Waals surface area contributed by atoms with Gasteiger partial charge >= 0.3 is 10.8 Å². The topological polar surface area (TPSA) is 77.4 Å². The van der Waals surface area contributed by atoms with Gasteiger partial charge in [0.05, 0.1) is 17.2 Å². The van der Waals surface area contributed by atoms with Crippen molar-refractivity contribution in [2.45, 2.75) is 69.2 Å². The number of aromatic nitrogens is 1. The van der Waals surface area contributed by atoms with Crippen LogP contribution in [0.2, 0.25) is 0 Å². The first kappa shape index (κ1) is 23.1. The molecule has 1 aliphatic heterocycles. The van der Waals surface area contributed by atoms with Crippen molar-refractivity contribution in [3.05, 3.63) is 44.4 Å². The fourth-order valence-electron chi connectivity index (χ4n) is 4.96. The van der Waals surface area contributed by atoms with Crippen LogP contribution < -0.4 is 10.2 Å². The van der Waals surface area contributed by atoms with Crippen molar-refractivity contribution in [3.63, 3.8) is 0 Å². The summed E-state index contributed by atoms with van der Waals surface area (Å²) in [5.74, 6) is 0.984. The number of fused-ring (bicyclic) bond motifs is 3. The minimum Gasteiger partial charge on any atom is -0.462 e.